The van der Waals surface area contributed by atoms with Crippen LogP contribution >= 0.6 is 0 Å². The van der Waals surface area contributed by atoms with Gasteiger partial charge in [0.2, 0.25) is 0 Å². The summed E-state index contributed by atoms with van der Waals surface area (Å²) in [4.78, 5) is 12.3. The van der Waals surface area contributed by atoms with E-state index in [0.717, 1.165) is 27.6 Å². The first kappa shape index (κ1) is 16.8. The van der Waals surface area contributed by atoms with Crippen LogP contribution in [0.4, 0.5) is 4.39 Å². The Bertz CT molecular complexity index is 1020. The minimum absolute atomic E-state index is 0.0681. The maximum atomic E-state index is 14.4. The van der Waals surface area contributed by atoms with Crippen LogP contribution in [0.25, 0.3) is 22.0 Å². The van der Waals surface area contributed by atoms with Crippen molar-refractivity contribution in [1.82, 2.24) is 9.88 Å². The molecule has 2 aromatic carbocycles. The fraction of sp³-hybridized carbons (Fsp3) is 0.318. The van der Waals surface area contributed by atoms with Gasteiger partial charge < -0.3 is 9.88 Å². The first-order chi connectivity index (χ1) is 12.3. The molecular weight excluding hydrogens is 327 g/mol. The predicted octanol–water partition coefficient (Wildman–Crippen LogP) is 4.80. The number of carbonyl (C=O) groups excluding carboxylic acids is 1. The van der Waals surface area contributed by atoms with E-state index in [1.807, 2.05) is 23.6 Å². The topological polar surface area (TPSA) is 34.0 Å². The number of carbonyl (C=O) groups is 1. The summed E-state index contributed by atoms with van der Waals surface area (Å²) in [5.74, 6) is -0.363. The summed E-state index contributed by atoms with van der Waals surface area (Å²) in [6.07, 6.45) is 0. The van der Waals surface area contributed by atoms with E-state index in [2.05, 4.69) is 38.2 Å². The smallest absolute Gasteiger partial charge is 0.268 e. The molecule has 0 unspecified atom stereocenters. The van der Waals surface area contributed by atoms with Gasteiger partial charge in [0.15, 0.2) is 0 Å². The maximum absolute atomic E-state index is 14.4. The van der Waals surface area contributed by atoms with E-state index in [4.69, 9.17) is 0 Å². The minimum Gasteiger partial charge on any atom is -0.349 e. The summed E-state index contributed by atoms with van der Waals surface area (Å²) in [6.45, 7) is 9.71. The Hall–Kier alpha value is -2.62. The van der Waals surface area contributed by atoms with Gasteiger partial charge in [-0.2, -0.15) is 0 Å². The lowest BCUT2D eigenvalue weighted by atomic mass is 9.86. The number of rotatable bonds is 1. The second-order valence-corrected chi connectivity index (χ2v) is 8.06. The van der Waals surface area contributed by atoms with Gasteiger partial charge in [0.25, 0.3) is 5.91 Å². The van der Waals surface area contributed by atoms with Crippen LogP contribution in [0.15, 0.2) is 36.4 Å². The normalized spacial score (nSPS) is 14.4. The van der Waals surface area contributed by atoms with Gasteiger partial charge in [-0.3, -0.25) is 4.79 Å². The highest BCUT2D eigenvalue weighted by molar-refractivity contribution is 6.06. The lowest BCUT2D eigenvalue weighted by Crippen LogP contribution is -2.35. The number of halogens is 1. The van der Waals surface area contributed by atoms with Crippen LogP contribution in [0.2, 0.25) is 0 Å². The average Bonchev–Trinajstić information content (AvgIpc) is 2.87. The van der Waals surface area contributed by atoms with E-state index in [-0.39, 0.29) is 17.1 Å². The van der Waals surface area contributed by atoms with Crippen molar-refractivity contribution in [3.8, 4) is 11.1 Å². The summed E-state index contributed by atoms with van der Waals surface area (Å²) < 4.78 is 16.4. The van der Waals surface area contributed by atoms with Gasteiger partial charge in [0.05, 0.1) is 5.52 Å². The zero-order valence-electron chi connectivity index (χ0n) is 15.6. The number of aromatic nitrogens is 1. The van der Waals surface area contributed by atoms with Crippen molar-refractivity contribution in [2.75, 3.05) is 6.54 Å². The van der Waals surface area contributed by atoms with Crippen LogP contribution in [-0.2, 0) is 12.0 Å². The molecule has 1 amide bonds. The molecule has 3 aromatic rings. The van der Waals surface area contributed by atoms with Gasteiger partial charge in [-0.25, -0.2) is 4.39 Å². The molecule has 0 spiro atoms. The molecule has 0 bridgehead atoms. The van der Waals surface area contributed by atoms with Crippen molar-refractivity contribution in [1.29, 1.82) is 0 Å². The average molecular weight is 350 g/mol. The maximum Gasteiger partial charge on any atom is 0.268 e. The number of hydrogen-bond acceptors (Lipinski definition) is 1. The molecule has 0 radical (unpaired) electrons. The molecule has 1 aliphatic rings. The Balaban J connectivity index is 1.98. The lowest BCUT2D eigenvalue weighted by Gasteiger charge is -2.20. The molecular formula is C22H23FN2O. The van der Waals surface area contributed by atoms with E-state index >= 15 is 0 Å². The third kappa shape index (κ3) is 2.52. The Morgan fingerprint density at radius 2 is 1.81 bits per heavy atom. The second-order valence-electron chi connectivity index (χ2n) is 8.06. The SMILES string of the molecule is Cc1c2n(c3c(-c4ccc(C(C)(C)C)cc4)cc(F)cc13)CCNC2=O. The predicted molar refractivity (Wildman–Crippen MR) is 103 cm³/mol. The van der Waals surface area contributed by atoms with Crippen molar-refractivity contribution in [2.24, 2.45) is 0 Å². The van der Waals surface area contributed by atoms with E-state index in [9.17, 15) is 9.18 Å². The first-order valence-electron chi connectivity index (χ1n) is 8.99. The quantitative estimate of drug-likeness (QED) is 0.672. The Morgan fingerprint density at radius 3 is 2.46 bits per heavy atom. The first-order valence-corrected chi connectivity index (χ1v) is 8.99. The summed E-state index contributed by atoms with van der Waals surface area (Å²) >= 11 is 0. The van der Waals surface area contributed by atoms with Gasteiger partial charge in [0, 0.05) is 24.0 Å². The third-order valence-electron chi connectivity index (χ3n) is 5.27. The fourth-order valence-electron chi connectivity index (χ4n) is 3.87. The lowest BCUT2D eigenvalue weighted by molar-refractivity contribution is 0.0928. The summed E-state index contributed by atoms with van der Waals surface area (Å²) in [6, 6.07) is 11.4. The van der Waals surface area contributed by atoms with Crippen molar-refractivity contribution < 1.29 is 9.18 Å². The Morgan fingerprint density at radius 1 is 1.12 bits per heavy atom. The van der Waals surface area contributed by atoms with E-state index in [1.165, 1.54) is 11.6 Å². The number of aryl methyl sites for hydroxylation is 1. The molecule has 2 heterocycles. The number of nitrogens with one attached hydrogen (secondary N) is 1. The summed E-state index contributed by atoms with van der Waals surface area (Å²) in [5.41, 5.74) is 5.53. The van der Waals surface area contributed by atoms with Crippen molar-refractivity contribution >= 4 is 16.8 Å². The van der Waals surface area contributed by atoms with Gasteiger partial charge in [-0.15, -0.1) is 0 Å². The molecule has 1 aliphatic heterocycles. The van der Waals surface area contributed by atoms with Crippen LogP contribution in [0.3, 0.4) is 0 Å². The molecule has 1 N–H and O–H groups in total. The van der Waals surface area contributed by atoms with E-state index in [0.29, 0.717) is 18.8 Å². The molecule has 1 aromatic heterocycles. The van der Waals surface area contributed by atoms with Gasteiger partial charge >= 0.3 is 0 Å². The van der Waals surface area contributed by atoms with Crippen molar-refractivity contribution in [3.63, 3.8) is 0 Å². The minimum atomic E-state index is -0.279. The van der Waals surface area contributed by atoms with Gasteiger partial charge in [0.1, 0.15) is 11.5 Å². The van der Waals surface area contributed by atoms with E-state index < -0.39 is 0 Å². The zero-order valence-corrected chi connectivity index (χ0v) is 15.6. The molecule has 4 heteroatoms. The molecule has 0 fully saturated rings. The van der Waals surface area contributed by atoms with Crippen LogP contribution in [0.1, 0.15) is 42.4 Å². The molecule has 0 aliphatic carbocycles. The highest BCUT2D eigenvalue weighted by Gasteiger charge is 2.26. The van der Waals surface area contributed by atoms with Crippen LogP contribution < -0.4 is 5.32 Å². The monoisotopic (exact) mass is 350 g/mol. The third-order valence-corrected chi connectivity index (χ3v) is 5.27. The summed E-state index contributed by atoms with van der Waals surface area (Å²) in [7, 11) is 0. The largest absolute Gasteiger partial charge is 0.349 e. The highest BCUT2D eigenvalue weighted by Crippen LogP contribution is 2.36. The number of amides is 1. The van der Waals surface area contributed by atoms with Crippen LogP contribution in [0, 0.1) is 12.7 Å². The van der Waals surface area contributed by atoms with Crippen molar-refractivity contribution in [3.05, 3.63) is 59.0 Å². The Kier molecular flexibility index (Phi) is 3.69. The molecule has 26 heavy (non-hydrogen) atoms. The second kappa shape index (κ2) is 5.70. The number of nitrogens with zero attached hydrogens (tertiary/aromatic N) is 1. The van der Waals surface area contributed by atoms with Crippen LogP contribution in [0.5, 0.6) is 0 Å². The molecule has 134 valence electrons. The molecule has 0 saturated carbocycles. The fourth-order valence-corrected chi connectivity index (χ4v) is 3.87. The van der Waals surface area contributed by atoms with Gasteiger partial charge in [-0.05, 0) is 41.2 Å². The van der Waals surface area contributed by atoms with Gasteiger partial charge in [-0.1, -0.05) is 45.0 Å². The van der Waals surface area contributed by atoms with Crippen molar-refractivity contribution in [2.45, 2.75) is 39.7 Å². The zero-order chi connectivity index (χ0) is 18.6. The number of fused-ring (bicyclic) bond motifs is 3. The molecule has 4 rings (SSSR count). The molecule has 3 nitrogen and oxygen atoms in total. The molecule has 0 atom stereocenters. The highest BCUT2D eigenvalue weighted by atomic mass is 19.1. The summed E-state index contributed by atoms with van der Waals surface area (Å²) in [5, 5.41) is 3.70. The van der Waals surface area contributed by atoms with E-state index in [1.54, 1.807) is 6.07 Å². The molecule has 0 saturated heterocycles. The Labute approximate surface area is 152 Å². The number of hydrogen-bond donors (Lipinski definition) is 1. The van der Waals surface area contributed by atoms with Crippen LogP contribution in [-0.4, -0.2) is 17.0 Å². The number of benzene rings is 2. The standard InChI is InChI=1S/C22H23FN2O/c1-13-17-11-16(23)12-18(14-5-7-15(8-6-14)22(2,3)4)20(17)25-10-9-24-21(26)19(13)25/h5-8,11-12H,9-10H2,1-4H3,(H,24,26).